The summed E-state index contributed by atoms with van der Waals surface area (Å²) < 4.78 is 7.80. The molecule has 2 aliphatic heterocycles. The van der Waals surface area contributed by atoms with Crippen LogP contribution in [0.2, 0.25) is 0 Å². The Labute approximate surface area is 124 Å². The Balaban J connectivity index is 1.81. The highest BCUT2D eigenvalue weighted by molar-refractivity contribution is 5.73. The summed E-state index contributed by atoms with van der Waals surface area (Å²) in [5.74, 6) is 3.62. The first-order valence-corrected chi connectivity index (χ1v) is 7.76. The van der Waals surface area contributed by atoms with Crippen LogP contribution in [0.4, 0.5) is 5.82 Å². The lowest BCUT2D eigenvalue weighted by atomic mass is 9.95. The molecule has 0 aliphatic carbocycles. The van der Waals surface area contributed by atoms with Crippen molar-refractivity contribution in [3.05, 3.63) is 29.6 Å². The SMILES string of the molecule is CC1Cc2nc(-c3ccc4c(c3)CCO4)c(N)n2C(C)C1. The zero-order valence-electron chi connectivity index (χ0n) is 12.6. The maximum atomic E-state index is 6.41. The summed E-state index contributed by atoms with van der Waals surface area (Å²) in [7, 11) is 0. The number of nitrogens with zero attached hydrogens (tertiary/aromatic N) is 2. The highest BCUT2D eigenvalue weighted by Gasteiger charge is 2.27. The fourth-order valence-corrected chi connectivity index (χ4v) is 3.76. The predicted molar refractivity (Wildman–Crippen MR) is 83.5 cm³/mol. The van der Waals surface area contributed by atoms with Crippen LogP contribution >= 0.6 is 0 Å². The summed E-state index contributed by atoms with van der Waals surface area (Å²) in [5, 5.41) is 0. The molecule has 0 bridgehead atoms. The van der Waals surface area contributed by atoms with Crippen LogP contribution in [0.5, 0.6) is 5.75 Å². The highest BCUT2D eigenvalue weighted by Crippen LogP contribution is 2.37. The average Bonchev–Trinajstić information content (AvgIpc) is 3.02. The van der Waals surface area contributed by atoms with Crippen LogP contribution < -0.4 is 10.5 Å². The number of anilines is 1. The van der Waals surface area contributed by atoms with Gasteiger partial charge in [0.1, 0.15) is 23.1 Å². The molecule has 0 saturated heterocycles. The van der Waals surface area contributed by atoms with Crippen molar-refractivity contribution >= 4 is 5.82 Å². The first kappa shape index (κ1) is 12.7. The van der Waals surface area contributed by atoms with Gasteiger partial charge in [-0.2, -0.15) is 0 Å². The largest absolute Gasteiger partial charge is 0.493 e. The normalized spacial score (nSPS) is 23.5. The van der Waals surface area contributed by atoms with Gasteiger partial charge < -0.3 is 15.0 Å². The summed E-state index contributed by atoms with van der Waals surface area (Å²) in [4.78, 5) is 4.84. The van der Waals surface area contributed by atoms with Crippen LogP contribution in [0.3, 0.4) is 0 Å². The van der Waals surface area contributed by atoms with Crippen molar-refractivity contribution in [1.29, 1.82) is 0 Å². The Morgan fingerprint density at radius 3 is 3.05 bits per heavy atom. The van der Waals surface area contributed by atoms with Crippen molar-refractivity contribution in [2.45, 2.75) is 39.2 Å². The summed E-state index contributed by atoms with van der Waals surface area (Å²) in [6, 6.07) is 6.73. The molecular weight excluding hydrogens is 262 g/mol. The summed E-state index contributed by atoms with van der Waals surface area (Å²) in [5.41, 5.74) is 9.71. The van der Waals surface area contributed by atoms with E-state index in [-0.39, 0.29) is 0 Å². The minimum atomic E-state index is 0.433. The molecule has 0 spiro atoms. The van der Waals surface area contributed by atoms with E-state index in [0.29, 0.717) is 12.0 Å². The minimum absolute atomic E-state index is 0.433. The average molecular weight is 283 g/mol. The Morgan fingerprint density at radius 1 is 1.33 bits per heavy atom. The van der Waals surface area contributed by atoms with Crippen molar-refractivity contribution in [2.75, 3.05) is 12.3 Å². The number of nitrogen functional groups attached to an aromatic ring is 1. The lowest BCUT2D eigenvalue weighted by molar-refractivity contribution is 0.346. The molecule has 0 amide bonds. The Morgan fingerprint density at radius 2 is 2.19 bits per heavy atom. The lowest BCUT2D eigenvalue weighted by Gasteiger charge is -2.27. The van der Waals surface area contributed by atoms with Crippen LogP contribution in [-0.4, -0.2) is 16.2 Å². The number of benzene rings is 1. The molecule has 21 heavy (non-hydrogen) atoms. The van der Waals surface area contributed by atoms with Gasteiger partial charge in [0.15, 0.2) is 0 Å². The van der Waals surface area contributed by atoms with Crippen molar-refractivity contribution < 1.29 is 4.74 Å². The third-order valence-electron chi connectivity index (χ3n) is 4.70. The molecule has 2 atom stereocenters. The topological polar surface area (TPSA) is 53.1 Å². The highest BCUT2D eigenvalue weighted by atomic mass is 16.5. The van der Waals surface area contributed by atoms with Gasteiger partial charge in [-0.3, -0.25) is 0 Å². The maximum absolute atomic E-state index is 6.41. The van der Waals surface area contributed by atoms with E-state index in [1.165, 1.54) is 12.0 Å². The van der Waals surface area contributed by atoms with Gasteiger partial charge in [0.25, 0.3) is 0 Å². The van der Waals surface area contributed by atoms with Gasteiger partial charge in [-0.25, -0.2) is 4.98 Å². The van der Waals surface area contributed by atoms with Crippen molar-refractivity contribution in [3.8, 4) is 17.0 Å². The Hall–Kier alpha value is -1.97. The summed E-state index contributed by atoms with van der Waals surface area (Å²) in [6.45, 7) is 5.30. The summed E-state index contributed by atoms with van der Waals surface area (Å²) in [6.07, 6.45) is 3.16. The molecule has 4 heteroatoms. The first-order valence-electron chi connectivity index (χ1n) is 7.76. The standard InChI is InChI=1S/C17H21N3O/c1-10-7-11(2)20-15(8-10)19-16(17(20)18)13-3-4-14-12(9-13)5-6-21-14/h3-4,9-11H,5-8,18H2,1-2H3. The van der Waals surface area contributed by atoms with E-state index in [9.17, 15) is 0 Å². The van der Waals surface area contributed by atoms with Gasteiger partial charge in [-0.1, -0.05) is 6.92 Å². The van der Waals surface area contributed by atoms with E-state index >= 15 is 0 Å². The van der Waals surface area contributed by atoms with Gasteiger partial charge >= 0.3 is 0 Å². The van der Waals surface area contributed by atoms with E-state index in [4.69, 9.17) is 15.5 Å². The molecule has 110 valence electrons. The second-order valence-electron chi connectivity index (χ2n) is 6.45. The van der Waals surface area contributed by atoms with Crippen LogP contribution in [0.1, 0.15) is 37.7 Å². The quantitative estimate of drug-likeness (QED) is 0.874. The minimum Gasteiger partial charge on any atom is -0.493 e. The molecule has 2 unspecified atom stereocenters. The van der Waals surface area contributed by atoms with Crippen LogP contribution in [0, 0.1) is 5.92 Å². The van der Waals surface area contributed by atoms with E-state index < -0.39 is 0 Å². The van der Waals surface area contributed by atoms with Gasteiger partial charge in [-0.05, 0) is 43.0 Å². The van der Waals surface area contributed by atoms with E-state index in [2.05, 4.69) is 30.5 Å². The fraction of sp³-hybridized carbons (Fsp3) is 0.471. The summed E-state index contributed by atoms with van der Waals surface area (Å²) >= 11 is 0. The Bertz CT molecular complexity index is 704. The number of aromatic nitrogens is 2. The number of imidazole rings is 1. The van der Waals surface area contributed by atoms with E-state index in [1.54, 1.807) is 0 Å². The van der Waals surface area contributed by atoms with Gasteiger partial charge in [0.05, 0.1) is 6.61 Å². The molecule has 2 aromatic rings. The zero-order chi connectivity index (χ0) is 14.6. The Kier molecular flexibility index (Phi) is 2.74. The molecule has 0 radical (unpaired) electrons. The molecule has 0 saturated carbocycles. The van der Waals surface area contributed by atoms with Gasteiger partial charge in [0, 0.05) is 24.4 Å². The van der Waals surface area contributed by atoms with E-state index in [1.807, 2.05) is 6.07 Å². The van der Waals surface area contributed by atoms with Crippen molar-refractivity contribution in [1.82, 2.24) is 9.55 Å². The van der Waals surface area contributed by atoms with Crippen LogP contribution in [0.25, 0.3) is 11.3 Å². The fourth-order valence-electron chi connectivity index (χ4n) is 3.76. The number of hydrogen-bond acceptors (Lipinski definition) is 3. The molecule has 1 aromatic heterocycles. The number of hydrogen-bond donors (Lipinski definition) is 1. The maximum Gasteiger partial charge on any atom is 0.131 e. The van der Waals surface area contributed by atoms with Gasteiger partial charge in [0.2, 0.25) is 0 Å². The second kappa shape index (κ2) is 4.52. The molecular formula is C17H21N3O. The molecule has 4 rings (SSSR count). The number of nitrogens with two attached hydrogens (primary N) is 1. The number of ether oxygens (including phenoxy) is 1. The molecule has 0 fully saturated rings. The molecule has 1 aromatic carbocycles. The monoisotopic (exact) mass is 283 g/mol. The number of fused-ring (bicyclic) bond motifs is 2. The third kappa shape index (κ3) is 1.93. The zero-order valence-corrected chi connectivity index (χ0v) is 12.6. The predicted octanol–water partition coefficient (Wildman–Crippen LogP) is 3.21. The van der Waals surface area contributed by atoms with E-state index in [0.717, 1.165) is 48.1 Å². The smallest absolute Gasteiger partial charge is 0.131 e. The van der Waals surface area contributed by atoms with Crippen LogP contribution in [-0.2, 0) is 12.8 Å². The first-order chi connectivity index (χ1) is 10.1. The third-order valence-corrected chi connectivity index (χ3v) is 4.70. The number of rotatable bonds is 1. The van der Waals surface area contributed by atoms with Gasteiger partial charge in [-0.15, -0.1) is 0 Å². The second-order valence-corrected chi connectivity index (χ2v) is 6.45. The molecule has 2 aliphatic rings. The lowest BCUT2D eigenvalue weighted by Crippen LogP contribution is -2.22. The molecule has 4 nitrogen and oxygen atoms in total. The van der Waals surface area contributed by atoms with Crippen LogP contribution in [0.15, 0.2) is 18.2 Å². The van der Waals surface area contributed by atoms with Crippen molar-refractivity contribution in [2.24, 2.45) is 5.92 Å². The molecule has 3 heterocycles. The van der Waals surface area contributed by atoms with Crippen molar-refractivity contribution in [3.63, 3.8) is 0 Å². The molecule has 2 N–H and O–H groups in total.